The molecule has 0 N–H and O–H groups in total. The summed E-state index contributed by atoms with van der Waals surface area (Å²) in [5.41, 5.74) is 1.10. The van der Waals surface area contributed by atoms with Gasteiger partial charge >= 0.3 is 0 Å². The molecule has 1 saturated carbocycles. The molecule has 0 aliphatic heterocycles. The third kappa shape index (κ3) is 4.59. The van der Waals surface area contributed by atoms with Crippen molar-refractivity contribution >= 4 is 0 Å². The summed E-state index contributed by atoms with van der Waals surface area (Å²) in [6.07, 6.45) is 8.47. The Morgan fingerprint density at radius 2 is 1.89 bits per heavy atom. The summed E-state index contributed by atoms with van der Waals surface area (Å²) < 4.78 is 0. The zero-order valence-electron chi connectivity index (χ0n) is 14.0. The van der Waals surface area contributed by atoms with E-state index in [-0.39, 0.29) is 0 Å². The van der Waals surface area contributed by atoms with E-state index in [1.54, 1.807) is 0 Å². The molecule has 18 heavy (non-hydrogen) atoms. The van der Waals surface area contributed by atoms with Gasteiger partial charge in [-0.05, 0) is 60.7 Å². The van der Waals surface area contributed by atoms with Crippen molar-refractivity contribution in [3.63, 3.8) is 0 Å². The third-order valence-corrected chi connectivity index (χ3v) is 5.43. The lowest BCUT2D eigenvalue weighted by Crippen LogP contribution is -2.27. The standard InChI is InChI=1S/C18H36/c1-8-14(2)13-18(6,7)16-9-10-17(4,5)12-15(3)11-16/h14-16H,8-13H2,1-7H3. The highest BCUT2D eigenvalue weighted by Crippen LogP contribution is 2.47. The predicted molar refractivity (Wildman–Crippen MR) is 82.8 cm³/mol. The Balaban J connectivity index is 2.70. The van der Waals surface area contributed by atoms with Gasteiger partial charge in [-0.3, -0.25) is 0 Å². The van der Waals surface area contributed by atoms with Crippen molar-refractivity contribution in [2.45, 2.75) is 87.0 Å². The van der Waals surface area contributed by atoms with E-state index in [9.17, 15) is 0 Å². The van der Waals surface area contributed by atoms with Crippen LogP contribution in [0.2, 0.25) is 0 Å². The van der Waals surface area contributed by atoms with E-state index in [1.807, 2.05) is 0 Å². The van der Waals surface area contributed by atoms with E-state index in [0.717, 1.165) is 17.8 Å². The van der Waals surface area contributed by atoms with Crippen LogP contribution in [0, 0.1) is 28.6 Å². The molecule has 0 aromatic rings. The van der Waals surface area contributed by atoms with Crippen molar-refractivity contribution in [2.75, 3.05) is 0 Å². The predicted octanol–water partition coefficient (Wildman–Crippen LogP) is 6.30. The lowest BCUT2D eigenvalue weighted by Gasteiger charge is -2.37. The fraction of sp³-hybridized carbons (Fsp3) is 1.00. The van der Waals surface area contributed by atoms with Crippen molar-refractivity contribution in [3.8, 4) is 0 Å². The van der Waals surface area contributed by atoms with Crippen molar-refractivity contribution in [1.82, 2.24) is 0 Å². The van der Waals surface area contributed by atoms with E-state index in [0.29, 0.717) is 10.8 Å². The molecule has 0 bridgehead atoms. The summed E-state index contributed by atoms with van der Waals surface area (Å²) in [5, 5.41) is 0. The maximum Gasteiger partial charge on any atom is -0.0323 e. The van der Waals surface area contributed by atoms with E-state index >= 15 is 0 Å². The first-order chi connectivity index (χ1) is 8.16. The van der Waals surface area contributed by atoms with Gasteiger partial charge in [0, 0.05) is 0 Å². The molecule has 1 fully saturated rings. The van der Waals surface area contributed by atoms with Crippen LogP contribution in [0.25, 0.3) is 0 Å². The second-order valence-corrected chi connectivity index (χ2v) is 8.65. The van der Waals surface area contributed by atoms with Crippen LogP contribution in [-0.4, -0.2) is 0 Å². The summed E-state index contributed by atoms with van der Waals surface area (Å²) in [6.45, 7) is 17.2. The molecular weight excluding hydrogens is 216 g/mol. The van der Waals surface area contributed by atoms with Gasteiger partial charge in [-0.25, -0.2) is 0 Å². The molecule has 0 saturated heterocycles. The maximum atomic E-state index is 2.52. The third-order valence-electron chi connectivity index (χ3n) is 5.43. The fourth-order valence-corrected chi connectivity index (χ4v) is 4.22. The smallest absolute Gasteiger partial charge is 0.0323 e. The summed E-state index contributed by atoms with van der Waals surface area (Å²) in [5.74, 6) is 2.72. The molecule has 1 aliphatic carbocycles. The van der Waals surface area contributed by atoms with Gasteiger partial charge < -0.3 is 0 Å². The Labute approximate surface area is 116 Å². The molecule has 0 heterocycles. The first-order valence-electron chi connectivity index (χ1n) is 8.16. The van der Waals surface area contributed by atoms with Crippen LogP contribution >= 0.6 is 0 Å². The Kier molecular flexibility index (Phi) is 5.32. The van der Waals surface area contributed by atoms with Crippen LogP contribution in [0.1, 0.15) is 87.0 Å². The normalized spacial score (nSPS) is 30.8. The summed E-state index contributed by atoms with van der Waals surface area (Å²) in [6, 6.07) is 0. The molecule has 0 spiro atoms. The van der Waals surface area contributed by atoms with Crippen molar-refractivity contribution < 1.29 is 0 Å². The van der Waals surface area contributed by atoms with E-state index < -0.39 is 0 Å². The van der Waals surface area contributed by atoms with Gasteiger partial charge in [0.1, 0.15) is 0 Å². The van der Waals surface area contributed by atoms with E-state index in [4.69, 9.17) is 0 Å². The molecule has 0 radical (unpaired) electrons. The SMILES string of the molecule is CCC(C)CC(C)(C)C1CCC(C)(C)CC(C)C1. The topological polar surface area (TPSA) is 0 Å². The van der Waals surface area contributed by atoms with Gasteiger partial charge in [0.25, 0.3) is 0 Å². The molecule has 1 rings (SSSR count). The quantitative estimate of drug-likeness (QED) is 0.515. The Bertz CT molecular complexity index is 249. The Morgan fingerprint density at radius 3 is 2.44 bits per heavy atom. The van der Waals surface area contributed by atoms with Gasteiger partial charge in [-0.2, -0.15) is 0 Å². The zero-order valence-corrected chi connectivity index (χ0v) is 14.0. The van der Waals surface area contributed by atoms with Crippen LogP contribution in [0.3, 0.4) is 0 Å². The number of rotatable bonds is 4. The van der Waals surface area contributed by atoms with Crippen molar-refractivity contribution in [2.24, 2.45) is 28.6 Å². The van der Waals surface area contributed by atoms with Gasteiger partial charge in [-0.15, -0.1) is 0 Å². The van der Waals surface area contributed by atoms with Crippen molar-refractivity contribution in [3.05, 3.63) is 0 Å². The highest BCUT2D eigenvalue weighted by Gasteiger charge is 2.36. The number of hydrogen-bond acceptors (Lipinski definition) is 0. The molecular formula is C18H36. The molecule has 0 nitrogen and oxygen atoms in total. The summed E-state index contributed by atoms with van der Waals surface area (Å²) in [7, 11) is 0. The minimum absolute atomic E-state index is 0.532. The molecule has 1 aliphatic rings. The van der Waals surface area contributed by atoms with Crippen LogP contribution < -0.4 is 0 Å². The Hall–Kier alpha value is 0. The molecule has 108 valence electrons. The molecule has 0 amide bonds. The van der Waals surface area contributed by atoms with E-state index in [1.165, 1.54) is 38.5 Å². The average Bonchev–Trinajstić information content (AvgIpc) is 2.35. The molecule has 0 aromatic carbocycles. The summed E-state index contributed by atoms with van der Waals surface area (Å²) in [4.78, 5) is 0. The zero-order chi connectivity index (χ0) is 14.0. The average molecular weight is 252 g/mol. The first kappa shape index (κ1) is 16.1. The van der Waals surface area contributed by atoms with Gasteiger partial charge in [0.2, 0.25) is 0 Å². The lowest BCUT2D eigenvalue weighted by molar-refractivity contribution is 0.135. The first-order valence-corrected chi connectivity index (χ1v) is 8.16. The largest absolute Gasteiger partial charge is 0.0651 e. The molecule has 0 heteroatoms. The lowest BCUT2D eigenvalue weighted by atomic mass is 9.68. The van der Waals surface area contributed by atoms with Gasteiger partial charge in [-0.1, -0.05) is 54.9 Å². The van der Waals surface area contributed by atoms with Crippen LogP contribution in [0.15, 0.2) is 0 Å². The second-order valence-electron chi connectivity index (χ2n) is 8.65. The summed E-state index contributed by atoms with van der Waals surface area (Å²) >= 11 is 0. The highest BCUT2D eigenvalue weighted by atomic mass is 14.4. The Morgan fingerprint density at radius 1 is 1.28 bits per heavy atom. The number of hydrogen-bond donors (Lipinski definition) is 0. The highest BCUT2D eigenvalue weighted by molar-refractivity contribution is 4.87. The van der Waals surface area contributed by atoms with Gasteiger partial charge in [0.15, 0.2) is 0 Å². The van der Waals surface area contributed by atoms with Crippen LogP contribution in [0.5, 0.6) is 0 Å². The molecule has 3 atom stereocenters. The fourth-order valence-electron chi connectivity index (χ4n) is 4.22. The van der Waals surface area contributed by atoms with Gasteiger partial charge in [0.05, 0.1) is 0 Å². The monoisotopic (exact) mass is 252 g/mol. The van der Waals surface area contributed by atoms with Crippen LogP contribution in [0.4, 0.5) is 0 Å². The van der Waals surface area contributed by atoms with E-state index in [2.05, 4.69) is 48.5 Å². The van der Waals surface area contributed by atoms with Crippen molar-refractivity contribution in [1.29, 1.82) is 0 Å². The van der Waals surface area contributed by atoms with Crippen LogP contribution in [-0.2, 0) is 0 Å². The minimum Gasteiger partial charge on any atom is -0.0651 e. The molecule has 3 unspecified atom stereocenters. The molecule has 0 aromatic heterocycles. The maximum absolute atomic E-state index is 2.52. The minimum atomic E-state index is 0.532. The second kappa shape index (κ2) is 5.97.